The number of nitrogens with one attached hydrogen (secondary N) is 2. The molecule has 0 aliphatic carbocycles. The van der Waals surface area contributed by atoms with Crippen molar-refractivity contribution >= 4 is 5.69 Å². The lowest BCUT2D eigenvalue weighted by molar-refractivity contribution is 0.521. The lowest BCUT2D eigenvalue weighted by Gasteiger charge is -2.04. The van der Waals surface area contributed by atoms with Crippen LogP contribution in [0, 0.1) is 6.92 Å². The van der Waals surface area contributed by atoms with Crippen molar-refractivity contribution in [2.75, 3.05) is 5.32 Å². The molecule has 5 nitrogen and oxygen atoms in total. The number of nitrogens with zero attached hydrogens (tertiary/aromatic N) is 2. The molecule has 96 valence electrons. The van der Waals surface area contributed by atoms with E-state index in [2.05, 4.69) is 20.3 Å². The standard InChI is InChI=1S/C14H14N4O/c1-10-18-13(9-19-10)11-2-4-12(5-3-11)17-8-14-15-6-7-16-14/h2-7,9,17H,8H2,1H3,(H,15,16). The second-order valence-electron chi connectivity index (χ2n) is 4.22. The summed E-state index contributed by atoms with van der Waals surface area (Å²) in [5.74, 6) is 1.59. The monoisotopic (exact) mass is 254 g/mol. The zero-order valence-corrected chi connectivity index (χ0v) is 10.6. The van der Waals surface area contributed by atoms with Crippen molar-refractivity contribution in [1.29, 1.82) is 0 Å². The number of oxazole rings is 1. The molecule has 0 unspecified atom stereocenters. The number of hydrogen-bond acceptors (Lipinski definition) is 4. The number of aromatic amines is 1. The molecule has 0 aliphatic rings. The van der Waals surface area contributed by atoms with Crippen LogP contribution < -0.4 is 5.32 Å². The number of H-pyrrole nitrogens is 1. The highest BCUT2D eigenvalue weighted by Crippen LogP contribution is 2.20. The van der Waals surface area contributed by atoms with Gasteiger partial charge in [0, 0.05) is 30.6 Å². The van der Waals surface area contributed by atoms with Gasteiger partial charge in [0.05, 0.1) is 6.54 Å². The molecule has 1 aromatic carbocycles. The summed E-state index contributed by atoms with van der Waals surface area (Å²) < 4.78 is 5.21. The van der Waals surface area contributed by atoms with Crippen molar-refractivity contribution in [1.82, 2.24) is 15.0 Å². The Hall–Kier alpha value is -2.56. The quantitative estimate of drug-likeness (QED) is 0.751. The van der Waals surface area contributed by atoms with Gasteiger partial charge in [-0.15, -0.1) is 0 Å². The Morgan fingerprint density at radius 3 is 2.74 bits per heavy atom. The zero-order valence-electron chi connectivity index (χ0n) is 10.6. The summed E-state index contributed by atoms with van der Waals surface area (Å²) in [7, 11) is 0. The summed E-state index contributed by atoms with van der Waals surface area (Å²) >= 11 is 0. The first-order valence-corrected chi connectivity index (χ1v) is 6.06. The SMILES string of the molecule is Cc1nc(-c2ccc(NCc3ncc[nH]3)cc2)co1. The van der Waals surface area contributed by atoms with E-state index < -0.39 is 0 Å². The van der Waals surface area contributed by atoms with Crippen LogP contribution in [0.25, 0.3) is 11.3 Å². The van der Waals surface area contributed by atoms with Crippen LogP contribution in [0.5, 0.6) is 0 Å². The second kappa shape index (κ2) is 4.97. The maximum atomic E-state index is 5.21. The largest absolute Gasteiger partial charge is 0.449 e. The normalized spacial score (nSPS) is 10.6. The first-order chi connectivity index (χ1) is 9.31. The molecule has 19 heavy (non-hydrogen) atoms. The molecule has 0 atom stereocenters. The van der Waals surface area contributed by atoms with Crippen molar-refractivity contribution in [3.8, 4) is 11.3 Å². The van der Waals surface area contributed by atoms with E-state index in [0.29, 0.717) is 12.4 Å². The third-order valence-electron chi connectivity index (χ3n) is 2.81. The van der Waals surface area contributed by atoms with Gasteiger partial charge in [-0.05, 0) is 12.1 Å². The van der Waals surface area contributed by atoms with Crippen LogP contribution in [0.4, 0.5) is 5.69 Å². The molecule has 2 N–H and O–H groups in total. The summed E-state index contributed by atoms with van der Waals surface area (Å²) in [4.78, 5) is 11.5. The maximum absolute atomic E-state index is 5.21. The van der Waals surface area contributed by atoms with Gasteiger partial charge >= 0.3 is 0 Å². The van der Waals surface area contributed by atoms with Gasteiger partial charge in [0.2, 0.25) is 0 Å². The van der Waals surface area contributed by atoms with Gasteiger partial charge in [-0.2, -0.15) is 0 Å². The average molecular weight is 254 g/mol. The van der Waals surface area contributed by atoms with E-state index in [4.69, 9.17) is 4.42 Å². The van der Waals surface area contributed by atoms with Gasteiger partial charge in [0.25, 0.3) is 0 Å². The molecule has 2 aromatic heterocycles. The minimum Gasteiger partial charge on any atom is -0.449 e. The Morgan fingerprint density at radius 2 is 2.11 bits per heavy atom. The van der Waals surface area contributed by atoms with Crippen molar-refractivity contribution in [3.63, 3.8) is 0 Å². The Balaban J connectivity index is 1.69. The summed E-state index contributed by atoms with van der Waals surface area (Å²) in [5, 5.41) is 3.29. The number of benzene rings is 1. The Labute approximate surface area is 110 Å². The highest BCUT2D eigenvalue weighted by molar-refractivity contribution is 5.61. The molecule has 0 fully saturated rings. The highest BCUT2D eigenvalue weighted by Gasteiger charge is 2.03. The molecule has 0 saturated carbocycles. The van der Waals surface area contributed by atoms with Gasteiger partial charge in [0.15, 0.2) is 5.89 Å². The lowest BCUT2D eigenvalue weighted by atomic mass is 10.1. The summed E-state index contributed by atoms with van der Waals surface area (Å²) in [6.45, 7) is 2.51. The predicted octanol–water partition coefficient (Wildman–Crippen LogP) is 2.99. The number of aromatic nitrogens is 3. The van der Waals surface area contributed by atoms with E-state index >= 15 is 0 Å². The lowest BCUT2D eigenvalue weighted by Crippen LogP contribution is -2.00. The number of imidazole rings is 1. The molecule has 0 spiro atoms. The van der Waals surface area contributed by atoms with Crippen LogP contribution in [0.2, 0.25) is 0 Å². The van der Waals surface area contributed by atoms with E-state index in [0.717, 1.165) is 22.8 Å². The fourth-order valence-electron chi connectivity index (χ4n) is 1.84. The van der Waals surface area contributed by atoms with E-state index in [-0.39, 0.29) is 0 Å². The third-order valence-corrected chi connectivity index (χ3v) is 2.81. The highest BCUT2D eigenvalue weighted by atomic mass is 16.3. The Kier molecular flexibility index (Phi) is 3.02. The summed E-state index contributed by atoms with van der Waals surface area (Å²) in [6.07, 6.45) is 5.22. The van der Waals surface area contributed by atoms with Crippen molar-refractivity contribution in [2.45, 2.75) is 13.5 Å². The molecule has 0 aliphatic heterocycles. The van der Waals surface area contributed by atoms with E-state index in [1.165, 1.54) is 0 Å². The van der Waals surface area contributed by atoms with Gasteiger partial charge in [-0.25, -0.2) is 9.97 Å². The fourth-order valence-corrected chi connectivity index (χ4v) is 1.84. The number of hydrogen-bond donors (Lipinski definition) is 2. The zero-order chi connectivity index (χ0) is 13.1. The Morgan fingerprint density at radius 1 is 1.26 bits per heavy atom. The van der Waals surface area contributed by atoms with Crippen LogP contribution in [-0.4, -0.2) is 15.0 Å². The molecule has 3 rings (SSSR count). The van der Waals surface area contributed by atoms with Crippen LogP contribution in [0.3, 0.4) is 0 Å². The van der Waals surface area contributed by atoms with Crippen molar-refractivity contribution in [3.05, 3.63) is 54.6 Å². The van der Waals surface area contributed by atoms with Crippen LogP contribution in [-0.2, 0) is 6.54 Å². The predicted molar refractivity (Wildman–Crippen MR) is 72.6 cm³/mol. The van der Waals surface area contributed by atoms with Gasteiger partial charge < -0.3 is 14.7 Å². The van der Waals surface area contributed by atoms with Gasteiger partial charge in [-0.3, -0.25) is 0 Å². The minimum atomic E-state index is 0.676. The fraction of sp³-hybridized carbons (Fsp3) is 0.143. The molecule has 0 saturated heterocycles. The average Bonchev–Trinajstić information content (AvgIpc) is 3.08. The molecular formula is C14H14N4O. The van der Waals surface area contributed by atoms with Crippen LogP contribution in [0.15, 0.2) is 47.3 Å². The molecular weight excluding hydrogens is 240 g/mol. The summed E-state index contributed by atoms with van der Waals surface area (Å²) in [5.41, 5.74) is 2.94. The number of anilines is 1. The van der Waals surface area contributed by atoms with Gasteiger partial charge in [0.1, 0.15) is 17.8 Å². The van der Waals surface area contributed by atoms with Crippen molar-refractivity contribution in [2.24, 2.45) is 0 Å². The first kappa shape index (κ1) is 11.5. The third kappa shape index (κ3) is 2.65. The molecule has 2 heterocycles. The topological polar surface area (TPSA) is 66.7 Å². The molecule has 0 amide bonds. The molecule has 3 aromatic rings. The van der Waals surface area contributed by atoms with Crippen LogP contribution in [0.1, 0.15) is 11.7 Å². The van der Waals surface area contributed by atoms with E-state index in [9.17, 15) is 0 Å². The molecule has 5 heteroatoms. The maximum Gasteiger partial charge on any atom is 0.191 e. The number of rotatable bonds is 4. The summed E-state index contributed by atoms with van der Waals surface area (Å²) in [6, 6.07) is 8.06. The van der Waals surface area contributed by atoms with E-state index in [1.54, 1.807) is 12.5 Å². The first-order valence-electron chi connectivity index (χ1n) is 6.06. The van der Waals surface area contributed by atoms with Crippen molar-refractivity contribution < 1.29 is 4.42 Å². The van der Waals surface area contributed by atoms with Gasteiger partial charge in [-0.1, -0.05) is 12.1 Å². The second-order valence-corrected chi connectivity index (χ2v) is 4.22. The van der Waals surface area contributed by atoms with Crippen LogP contribution >= 0.6 is 0 Å². The molecule has 0 radical (unpaired) electrons. The molecule has 0 bridgehead atoms. The van der Waals surface area contributed by atoms with E-state index in [1.807, 2.05) is 37.4 Å². The Bertz CT molecular complexity index is 640. The smallest absolute Gasteiger partial charge is 0.191 e. The number of aryl methyl sites for hydroxylation is 1. The minimum absolute atomic E-state index is 0.676.